The van der Waals surface area contributed by atoms with Gasteiger partial charge in [-0.2, -0.15) is 0 Å². The van der Waals surface area contributed by atoms with E-state index in [4.69, 9.17) is 0 Å². The number of benzene rings is 1. The molecule has 76 valence electrons. The van der Waals surface area contributed by atoms with Gasteiger partial charge in [0.15, 0.2) is 0 Å². The van der Waals surface area contributed by atoms with E-state index in [1.165, 1.54) is 0 Å². The van der Waals surface area contributed by atoms with Crippen LogP contribution < -0.4 is 5.32 Å². The first-order valence-corrected chi connectivity index (χ1v) is 5.59. The fraction of sp³-hybridized carbons (Fsp3) is 0.455. The predicted molar refractivity (Wildman–Crippen MR) is 61.1 cm³/mol. The van der Waals surface area contributed by atoms with Crippen molar-refractivity contribution in [3.63, 3.8) is 0 Å². The lowest BCUT2D eigenvalue weighted by Gasteiger charge is -2.30. The van der Waals surface area contributed by atoms with Crippen molar-refractivity contribution in [3.05, 3.63) is 35.9 Å². The van der Waals surface area contributed by atoms with Gasteiger partial charge in [0, 0.05) is 6.04 Å². The van der Waals surface area contributed by atoms with E-state index in [0.717, 1.165) is 24.9 Å². The molecule has 0 aromatic heterocycles. The van der Waals surface area contributed by atoms with Gasteiger partial charge in [-0.05, 0) is 24.9 Å². The van der Waals surface area contributed by atoms with Gasteiger partial charge in [-0.25, -0.2) is 0 Å². The minimum Gasteiger partial charge on any atom is -0.380 e. The van der Waals surface area contributed by atoms with Crippen molar-refractivity contribution in [3.8, 4) is 0 Å². The lowest BCUT2D eigenvalue weighted by Crippen LogP contribution is -2.40. The second-order valence-corrected chi connectivity index (χ2v) is 4.72. The molecule has 14 heavy (non-hydrogen) atoms. The fourth-order valence-corrected chi connectivity index (χ4v) is 2.44. The molecular formula is C11H16NOP. The SMILES string of the molecule is OC(P)(c1ccccc1)[C@@H]1CCCN1. The summed E-state index contributed by atoms with van der Waals surface area (Å²) >= 11 is 0. The summed E-state index contributed by atoms with van der Waals surface area (Å²) in [7, 11) is 2.57. The van der Waals surface area contributed by atoms with E-state index in [1.54, 1.807) is 0 Å². The summed E-state index contributed by atoms with van der Waals surface area (Å²) in [6, 6.07) is 9.97. The third-order valence-electron chi connectivity index (χ3n) is 2.83. The second kappa shape index (κ2) is 3.98. The monoisotopic (exact) mass is 209 g/mol. The van der Waals surface area contributed by atoms with Gasteiger partial charge in [-0.15, -0.1) is 0 Å². The van der Waals surface area contributed by atoms with Gasteiger partial charge in [0.05, 0.1) is 0 Å². The molecule has 2 rings (SSSR count). The zero-order valence-electron chi connectivity index (χ0n) is 8.11. The second-order valence-electron chi connectivity index (χ2n) is 3.84. The van der Waals surface area contributed by atoms with Crippen LogP contribution in [0, 0.1) is 0 Å². The Morgan fingerprint density at radius 3 is 2.64 bits per heavy atom. The third kappa shape index (κ3) is 1.83. The molecule has 3 atom stereocenters. The molecule has 0 saturated carbocycles. The molecule has 1 aliphatic heterocycles. The lowest BCUT2D eigenvalue weighted by molar-refractivity contribution is 0.0970. The molecule has 3 heteroatoms. The van der Waals surface area contributed by atoms with Crippen molar-refractivity contribution in [2.24, 2.45) is 0 Å². The van der Waals surface area contributed by atoms with Gasteiger partial charge in [0.1, 0.15) is 5.34 Å². The first-order valence-electron chi connectivity index (χ1n) is 5.01. The normalized spacial score (nSPS) is 26.0. The maximum absolute atomic E-state index is 10.4. The van der Waals surface area contributed by atoms with Gasteiger partial charge in [-0.1, -0.05) is 39.6 Å². The first kappa shape index (κ1) is 10.1. The zero-order valence-corrected chi connectivity index (χ0v) is 9.26. The van der Waals surface area contributed by atoms with Crippen LogP contribution in [-0.2, 0) is 5.34 Å². The number of nitrogens with one attached hydrogen (secondary N) is 1. The summed E-state index contributed by atoms with van der Waals surface area (Å²) in [4.78, 5) is 0. The smallest absolute Gasteiger partial charge is 0.118 e. The molecule has 0 amide bonds. The Balaban J connectivity index is 2.22. The highest BCUT2D eigenvalue weighted by atomic mass is 31.0. The van der Waals surface area contributed by atoms with E-state index in [0.29, 0.717) is 0 Å². The molecule has 2 N–H and O–H groups in total. The standard InChI is InChI=1S/C11H16NOP/c13-11(14,10-7-4-8-12-10)9-5-2-1-3-6-9/h1-3,5-6,10,12-13H,4,7-8,14H2/t10-,11?/m0/s1. The zero-order chi connectivity index (χ0) is 10.0. The Labute approximate surface area is 86.9 Å². The predicted octanol–water partition coefficient (Wildman–Crippen LogP) is 1.46. The molecule has 1 fully saturated rings. The summed E-state index contributed by atoms with van der Waals surface area (Å²) < 4.78 is 0. The molecule has 1 aromatic carbocycles. The van der Waals surface area contributed by atoms with Crippen LogP contribution in [0.3, 0.4) is 0 Å². The highest BCUT2D eigenvalue weighted by Gasteiger charge is 2.35. The van der Waals surface area contributed by atoms with Gasteiger partial charge >= 0.3 is 0 Å². The minimum absolute atomic E-state index is 0.162. The van der Waals surface area contributed by atoms with Crippen molar-refractivity contribution in [2.45, 2.75) is 24.2 Å². The number of rotatable bonds is 2. The van der Waals surface area contributed by atoms with Crippen LogP contribution in [0.2, 0.25) is 0 Å². The van der Waals surface area contributed by atoms with Crippen molar-refractivity contribution >= 4 is 9.24 Å². The van der Waals surface area contributed by atoms with Gasteiger partial charge in [0.2, 0.25) is 0 Å². The molecule has 1 aromatic rings. The molecular weight excluding hydrogens is 193 g/mol. The van der Waals surface area contributed by atoms with E-state index in [1.807, 2.05) is 30.3 Å². The van der Waals surface area contributed by atoms with Crippen LogP contribution in [-0.4, -0.2) is 17.7 Å². The summed E-state index contributed by atoms with van der Waals surface area (Å²) in [5, 5.41) is 12.9. The van der Waals surface area contributed by atoms with Gasteiger partial charge in [-0.3, -0.25) is 0 Å². The molecule has 1 heterocycles. The van der Waals surface area contributed by atoms with Crippen LogP contribution in [0.4, 0.5) is 0 Å². The highest BCUT2D eigenvalue weighted by molar-refractivity contribution is 7.18. The molecule has 2 unspecified atom stereocenters. The molecule has 2 nitrogen and oxygen atoms in total. The Morgan fingerprint density at radius 1 is 1.36 bits per heavy atom. The summed E-state index contributed by atoms with van der Waals surface area (Å²) in [5.41, 5.74) is 0.962. The first-order chi connectivity index (χ1) is 6.71. The maximum Gasteiger partial charge on any atom is 0.118 e. The molecule has 1 saturated heterocycles. The molecule has 1 aliphatic rings. The minimum atomic E-state index is -0.822. The summed E-state index contributed by atoms with van der Waals surface area (Å²) in [6.07, 6.45) is 2.18. The molecule has 0 spiro atoms. The molecule has 0 aliphatic carbocycles. The quantitative estimate of drug-likeness (QED) is 0.723. The molecule has 0 bridgehead atoms. The van der Waals surface area contributed by atoms with Crippen molar-refractivity contribution < 1.29 is 5.11 Å². The van der Waals surface area contributed by atoms with E-state index in [9.17, 15) is 5.11 Å². The fourth-order valence-electron chi connectivity index (χ4n) is 1.97. The van der Waals surface area contributed by atoms with E-state index in [2.05, 4.69) is 14.6 Å². The van der Waals surface area contributed by atoms with E-state index in [-0.39, 0.29) is 6.04 Å². The van der Waals surface area contributed by atoms with Crippen LogP contribution in [0.25, 0.3) is 0 Å². The van der Waals surface area contributed by atoms with Crippen LogP contribution >= 0.6 is 9.24 Å². The number of hydrogen-bond acceptors (Lipinski definition) is 2. The lowest BCUT2D eigenvalue weighted by atomic mass is 10.0. The average molecular weight is 209 g/mol. The Kier molecular flexibility index (Phi) is 2.87. The van der Waals surface area contributed by atoms with Crippen LogP contribution in [0.15, 0.2) is 30.3 Å². The maximum atomic E-state index is 10.4. The number of hydrogen-bond donors (Lipinski definition) is 2. The van der Waals surface area contributed by atoms with Crippen molar-refractivity contribution in [1.29, 1.82) is 0 Å². The van der Waals surface area contributed by atoms with E-state index < -0.39 is 5.34 Å². The Morgan fingerprint density at radius 2 is 2.07 bits per heavy atom. The van der Waals surface area contributed by atoms with Gasteiger partial charge < -0.3 is 10.4 Å². The average Bonchev–Trinajstić information content (AvgIpc) is 2.72. The largest absolute Gasteiger partial charge is 0.380 e. The van der Waals surface area contributed by atoms with Crippen molar-refractivity contribution in [1.82, 2.24) is 5.32 Å². The van der Waals surface area contributed by atoms with Gasteiger partial charge in [0.25, 0.3) is 0 Å². The highest BCUT2D eigenvalue weighted by Crippen LogP contribution is 2.35. The van der Waals surface area contributed by atoms with Crippen LogP contribution in [0.1, 0.15) is 18.4 Å². The number of aliphatic hydroxyl groups is 1. The third-order valence-corrected chi connectivity index (χ3v) is 3.56. The Hall–Kier alpha value is -0.430. The topological polar surface area (TPSA) is 32.3 Å². The molecule has 0 radical (unpaired) electrons. The van der Waals surface area contributed by atoms with Crippen molar-refractivity contribution in [2.75, 3.05) is 6.54 Å². The Bertz CT molecular complexity index is 293. The summed E-state index contributed by atoms with van der Waals surface area (Å²) in [5.74, 6) is 0. The van der Waals surface area contributed by atoms with Crippen LogP contribution in [0.5, 0.6) is 0 Å². The van der Waals surface area contributed by atoms with E-state index >= 15 is 0 Å². The summed E-state index contributed by atoms with van der Waals surface area (Å²) in [6.45, 7) is 1.01.